The van der Waals surface area contributed by atoms with E-state index < -0.39 is 0 Å². The monoisotopic (exact) mass is 243 g/mol. The second kappa shape index (κ2) is 5.04. The van der Waals surface area contributed by atoms with Gasteiger partial charge in [-0.3, -0.25) is 0 Å². The maximum atomic E-state index is 5.77. The molecule has 0 fully saturated rings. The average molecular weight is 243 g/mol. The van der Waals surface area contributed by atoms with E-state index in [0.717, 1.165) is 11.3 Å². The quantitative estimate of drug-likeness (QED) is 0.898. The Morgan fingerprint density at radius 1 is 1.28 bits per heavy atom. The molecule has 1 aromatic heterocycles. The molecule has 4 heteroatoms. The first kappa shape index (κ1) is 12.4. The van der Waals surface area contributed by atoms with Gasteiger partial charge >= 0.3 is 0 Å². The molecule has 1 aromatic carbocycles. The van der Waals surface area contributed by atoms with Gasteiger partial charge in [0.15, 0.2) is 0 Å². The summed E-state index contributed by atoms with van der Waals surface area (Å²) >= 11 is 0. The van der Waals surface area contributed by atoms with Crippen LogP contribution >= 0.6 is 0 Å². The Labute approximate surface area is 107 Å². The number of hydrogen-bond acceptors (Lipinski definition) is 4. The largest absolute Gasteiger partial charge is 0.437 e. The average Bonchev–Trinajstić information content (AvgIpc) is 2.34. The van der Waals surface area contributed by atoms with Crippen LogP contribution in [0, 0.1) is 6.92 Å². The summed E-state index contributed by atoms with van der Waals surface area (Å²) in [6.45, 7) is 6.29. The molecule has 0 unspecified atom stereocenters. The molecule has 0 atom stereocenters. The molecule has 2 aromatic rings. The Bertz CT molecular complexity index is 552. The van der Waals surface area contributed by atoms with E-state index in [4.69, 9.17) is 10.5 Å². The minimum atomic E-state index is 0.397. The number of rotatable bonds is 3. The van der Waals surface area contributed by atoms with E-state index in [0.29, 0.717) is 17.5 Å². The predicted octanol–water partition coefficient (Wildman–Crippen LogP) is 3.28. The van der Waals surface area contributed by atoms with Gasteiger partial charge in [0.1, 0.15) is 17.8 Å². The van der Waals surface area contributed by atoms with Gasteiger partial charge in [-0.1, -0.05) is 26.0 Å². The number of benzene rings is 1. The first-order valence-corrected chi connectivity index (χ1v) is 5.92. The summed E-state index contributed by atoms with van der Waals surface area (Å²) in [5.74, 6) is 1.64. The normalized spacial score (nSPS) is 10.7. The molecule has 0 aliphatic carbocycles. The van der Waals surface area contributed by atoms with E-state index in [1.165, 1.54) is 18.1 Å². The number of anilines is 1. The second-order valence-corrected chi connectivity index (χ2v) is 4.56. The number of aryl methyl sites for hydroxylation is 1. The van der Waals surface area contributed by atoms with Crippen molar-refractivity contribution in [2.24, 2.45) is 0 Å². The van der Waals surface area contributed by atoms with Gasteiger partial charge in [-0.05, 0) is 30.0 Å². The lowest BCUT2D eigenvalue weighted by molar-refractivity contribution is 0.459. The summed E-state index contributed by atoms with van der Waals surface area (Å²) in [4.78, 5) is 7.87. The maximum absolute atomic E-state index is 5.77. The molecule has 0 saturated carbocycles. The molecule has 2 rings (SSSR count). The topological polar surface area (TPSA) is 61.0 Å². The summed E-state index contributed by atoms with van der Waals surface area (Å²) in [7, 11) is 0. The third kappa shape index (κ3) is 2.59. The fraction of sp³-hybridized carbons (Fsp3) is 0.286. The van der Waals surface area contributed by atoms with Crippen molar-refractivity contribution in [3.05, 3.63) is 41.9 Å². The minimum absolute atomic E-state index is 0.397. The van der Waals surface area contributed by atoms with E-state index in [9.17, 15) is 0 Å². The van der Waals surface area contributed by atoms with Gasteiger partial charge in [0.25, 0.3) is 0 Å². The standard InChI is InChI=1S/C14H17N3O/c1-9(2)11-5-4-10(3)13(6-11)18-14-12(15)7-16-8-17-14/h4-9H,15H2,1-3H3. The molecule has 2 N–H and O–H groups in total. The van der Waals surface area contributed by atoms with Crippen LogP contribution in [-0.2, 0) is 0 Å². The van der Waals surface area contributed by atoms with Crippen molar-refractivity contribution in [3.8, 4) is 11.6 Å². The summed E-state index contributed by atoms with van der Waals surface area (Å²) in [5, 5.41) is 0. The number of aromatic nitrogens is 2. The highest BCUT2D eigenvalue weighted by atomic mass is 16.5. The number of nitrogens with zero attached hydrogens (tertiary/aromatic N) is 2. The first-order chi connectivity index (χ1) is 8.58. The van der Waals surface area contributed by atoms with Crippen LogP contribution in [0.5, 0.6) is 11.6 Å². The smallest absolute Gasteiger partial charge is 0.245 e. The highest BCUT2D eigenvalue weighted by Gasteiger charge is 2.08. The predicted molar refractivity (Wildman–Crippen MR) is 71.8 cm³/mol. The van der Waals surface area contributed by atoms with Crippen LogP contribution in [0.4, 0.5) is 5.69 Å². The van der Waals surface area contributed by atoms with Crippen LogP contribution in [0.25, 0.3) is 0 Å². The number of ether oxygens (including phenoxy) is 1. The van der Waals surface area contributed by atoms with Crippen LogP contribution in [-0.4, -0.2) is 9.97 Å². The van der Waals surface area contributed by atoms with Crippen LogP contribution in [0.2, 0.25) is 0 Å². The summed E-state index contributed by atoms with van der Waals surface area (Å²) in [6, 6.07) is 6.18. The Balaban J connectivity index is 2.34. The van der Waals surface area contributed by atoms with Crippen LogP contribution < -0.4 is 10.5 Å². The molecule has 0 radical (unpaired) electrons. The zero-order chi connectivity index (χ0) is 13.1. The maximum Gasteiger partial charge on any atom is 0.245 e. The Morgan fingerprint density at radius 3 is 2.72 bits per heavy atom. The molecule has 0 spiro atoms. The first-order valence-electron chi connectivity index (χ1n) is 5.92. The fourth-order valence-electron chi connectivity index (χ4n) is 1.60. The Hall–Kier alpha value is -2.10. The summed E-state index contributed by atoms with van der Waals surface area (Å²) in [6.07, 6.45) is 2.96. The molecule has 0 saturated heterocycles. The molecule has 0 aliphatic rings. The van der Waals surface area contributed by atoms with Crippen molar-refractivity contribution >= 4 is 5.69 Å². The Morgan fingerprint density at radius 2 is 2.06 bits per heavy atom. The molecule has 0 aliphatic heterocycles. The molecule has 4 nitrogen and oxygen atoms in total. The van der Waals surface area contributed by atoms with Crippen molar-refractivity contribution in [1.82, 2.24) is 9.97 Å². The summed E-state index contributed by atoms with van der Waals surface area (Å²) < 4.78 is 5.75. The van der Waals surface area contributed by atoms with Crippen LogP contribution in [0.1, 0.15) is 30.9 Å². The molecular weight excluding hydrogens is 226 g/mol. The number of nitrogens with two attached hydrogens (primary N) is 1. The van der Waals surface area contributed by atoms with Crippen molar-refractivity contribution in [3.63, 3.8) is 0 Å². The lowest BCUT2D eigenvalue weighted by Gasteiger charge is -2.12. The molecule has 18 heavy (non-hydrogen) atoms. The van der Waals surface area contributed by atoms with E-state index in [2.05, 4.69) is 29.9 Å². The molecule has 1 heterocycles. The zero-order valence-corrected chi connectivity index (χ0v) is 10.8. The lowest BCUT2D eigenvalue weighted by atomic mass is 10.0. The van der Waals surface area contributed by atoms with Gasteiger partial charge in [-0.25, -0.2) is 4.98 Å². The summed E-state index contributed by atoms with van der Waals surface area (Å²) in [5.41, 5.74) is 8.48. The van der Waals surface area contributed by atoms with Gasteiger partial charge in [-0.15, -0.1) is 0 Å². The van der Waals surface area contributed by atoms with E-state index >= 15 is 0 Å². The van der Waals surface area contributed by atoms with Gasteiger partial charge in [0.05, 0.1) is 6.20 Å². The van der Waals surface area contributed by atoms with Crippen molar-refractivity contribution in [2.75, 3.05) is 5.73 Å². The molecule has 94 valence electrons. The number of hydrogen-bond donors (Lipinski definition) is 1. The minimum Gasteiger partial charge on any atom is -0.437 e. The highest BCUT2D eigenvalue weighted by molar-refractivity contribution is 5.48. The zero-order valence-electron chi connectivity index (χ0n) is 10.8. The van der Waals surface area contributed by atoms with Crippen molar-refractivity contribution < 1.29 is 4.74 Å². The third-order valence-corrected chi connectivity index (χ3v) is 2.79. The third-order valence-electron chi connectivity index (χ3n) is 2.79. The number of nitrogen functional groups attached to an aromatic ring is 1. The molecule has 0 amide bonds. The van der Waals surface area contributed by atoms with Gasteiger partial charge < -0.3 is 10.5 Å². The molecular formula is C14H17N3O. The Kier molecular flexibility index (Phi) is 3.46. The second-order valence-electron chi connectivity index (χ2n) is 4.56. The van der Waals surface area contributed by atoms with Gasteiger partial charge in [0, 0.05) is 0 Å². The SMILES string of the molecule is Cc1ccc(C(C)C)cc1Oc1ncncc1N. The fourth-order valence-corrected chi connectivity index (χ4v) is 1.60. The van der Waals surface area contributed by atoms with Crippen LogP contribution in [0.3, 0.4) is 0 Å². The van der Waals surface area contributed by atoms with Gasteiger partial charge in [0.2, 0.25) is 5.88 Å². The van der Waals surface area contributed by atoms with Crippen LogP contribution in [0.15, 0.2) is 30.7 Å². The van der Waals surface area contributed by atoms with Crippen molar-refractivity contribution in [2.45, 2.75) is 26.7 Å². The lowest BCUT2D eigenvalue weighted by Crippen LogP contribution is -1.98. The van der Waals surface area contributed by atoms with E-state index in [1.54, 1.807) is 0 Å². The van der Waals surface area contributed by atoms with E-state index in [-0.39, 0.29) is 0 Å². The van der Waals surface area contributed by atoms with Gasteiger partial charge in [-0.2, -0.15) is 4.98 Å². The van der Waals surface area contributed by atoms with E-state index in [1.807, 2.05) is 19.1 Å². The molecule has 0 bridgehead atoms. The van der Waals surface area contributed by atoms with Crippen molar-refractivity contribution in [1.29, 1.82) is 0 Å². The highest BCUT2D eigenvalue weighted by Crippen LogP contribution is 2.29.